The first-order valence-corrected chi connectivity index (χ1v) is 8.86. The summed E-state index contributed by atoms with van der Waals surface area (Å²) in [6.45, 7) is 10.9. The predicted molar refractivity (Wildman–Crippen MR) is 87.6 cm³/mol. The minimum atomic E-state index is -0.248. The Morgan fingerprint density at radius 3 is 2.45 bits per heavy atom. The standard InChI is InChI=1S/C18H33NO3/c1-5-22-15-13-14(20)18(15)9-11-19(12-10-18)16(21)7-6-8-17(2,3)4/h14-15,20H,5-13H2,1-4H3. The molecular formula is C18H33NO3. The minimum Gasteiger partial charge on any atom is -0.392 e. The molecule has 22 heavy (non-hydrogen) atoms. The van der Waals surface area contributed by atoms with Gasteiger partial charge in [0, 0.05) is 38.0 Å². The van der Waals surface area contributed by atoms with Crippen LogP contribution >= 0.6 is 0 Å². The van der Waals surface area contributed by atoms with E-state index in [0.717, 1.165) is 45.2 Å². The molecule has 4 heteroatoms. The van der Waals surface area contributed by atoms with Crippen LogP contribution in [0.25, 0.3) is 0 Å². The number of likely N-dealkylation sites (tertiary alicyclic amines) is 1. The number of rotatable bonds is 5. The van der Waals surface area contributed by atoms with Crippen molar-refractivity contribution in [2.75, 3.05) is 19.7 Å². The fourth-order valence-electron chi connectivity index (χ4n) is 3.92. The highest BCUT2D eigenvalue weighted by atomic mass is 16.5. The van der Waals surface area contributed by atoms with E-state index in [-0.39, 0.29) is 23.5 Å². The zero-order valence-electron chi connectivity index (χ0n) is 14.7. The predicted octanol–water partition coefficient (Wildman–Crippen LogP) is 2.98. The smallest absolute Gasteiger partial charge is 0.222 e. The van der Waals surface area contributed by atoms with E-state index in [2.05, 4.69) is 20.8 Å². The summed E-state index contributed by atoms with van der Waals surface area (Å²) in [5.74, 6) is 0.279. The number of nitrogens with zero attached hydrogens (tertiary/aromatic N) is 1. The molecule has 0 radical (unpaired) electrons. The van der Waals surface area contributed by atoms with Crippen LogP contribution in [0.5, 0.6) is 0 Å². The quantitative estimate of drug-likeness (QED) is 0.849. The Kier molecular flexibility index (Phi) is 5.54. The number of aliphatic hydroxyl groups is 1. The van der Waals surface area contributed by atoms with Crippen LogP contribution in [0.15, 0.2) is 0 Å². The van der Waals surface area contributed by atoms with Crippen molar-refractivity contribution < 1.29 is 14.6 Å². The molecule has 1 aliphatic heterocycles. The van der Waals surface area contributed by atoms with Gasteiger partial charge in [0.2, 0.25) is 5.91 Å². The van der Waals surface area contributed by atoms with Crippen LogP contribution in [-0.2, 0) is 9.53 Å². The van der Waals surface area contributed by atoms with Gasteiger partial charge in [-0.1, -0.05) is 20.8 Å². The summed E-state index contributed by atoms with van der Waals surface area (Å²) < 4.78 is 5.78. The Labute approximate surface area is 135 Å². The topological polar surface area (TPSA) is 49.8 Å². The molecular weight excluding hydrogens is 278 g/mol. The number of carbonyl (C=O) groups excluding carboxylic acids is 1. The zero-order valence-corrected chi connectivity index (χ0v) is 14.7. The van der Waals surface area contributed by atoms with Gasteiger partial charge in [-0.25, -0.2) is 0 Å². The molecule has 1 saturated heterocycles. The third-order valence-corrected chi connectivity index (χ3v) is 5.47. The normalized spacial score (nSPS) is 27.8. The lowest BCUT2D eigenvalue weighted by molar-refractivity contribution is -0.210. The second-order valence-electron chi connectivity index (χ2n) is 8.22. The molecule has 2 unspecified atom stereocenters. The first-order valence-electron chi connectivity index (χ1n) is 8.86. The maximum absolute atomic E-state index is 12.3. The SMILES string of the molecule is CCOC1CC(O)C12CCN(C(=O)CCCC(C)(C)C)CC2. The molecule has 0 aromatic rings. The van der Waals surface area contributed by atoms with Crippen molar-refractivity contribution in [3.8, 4) is 0 Å². The average Bonchev–Trinajstić information content (AvgIpc) is 2.46. The highest BCUT2D eigenvalue weighted by molar-refractivity contribution is 5.76. The lowest BCUT2D eigenvalue weighted by Crippen LogP contribution is -2.62. The highest BCUT2D eigenvalue weighted by Gasteiger charge is 2.56. The summed E-state index contributed by atoms with van der Waals surface area (Å²) in [5.41, 5.74) is 0.213. The highest BCUT2D eigenvalue weighted by Crippen LogP contribution is 2.51. The Morgan fingerprint density at radius 1 is 1.32 bits per heavy atom. The Bertz CT molecular complexity index is 378. The van der Waals surface area contributed by atoms with Crippen molar-refractivity contribution in [1.29, 1.82) is 0 Å². The van der Waals surface area contributed by atoms with Gasteiger partial charge in [-0.3, -0.25) is 4.79 Å². The van der Waals surface area contributed by atoms with Gasteiger partial charge < -0.3 is 14.7 Å². The molecule has 1 spiro atoms. The molecule has 1 amide bonds. The zero-order chi connectivity index (χ0) is 16.4. The van der Waals surface area contributed by atoms with Crippen LogP contribution < -0.4 is 0 Å². The summed E-state index contributed by atoms with van der Waals surface area (Å²) in [5, 5.41) is 10.2. The second kappa shape index (κ2) is 6.88. The van der Waals surface area contributed by atoms with Gasteiger partial charge in [0.05, 0.1) is 12.2 Å². The molecule has 2 fully saturated rings. The van der Waals surface area contributed by atoms with Crippen LogP contribution in [0.3, 0.4) is 0 Å². The summed E-state index contributed by atoms with van der Waals surface area (Å²) in [6, 6.07) is 0. The first kappa shape index (κ1) is 17.7. The third kappa shape index (κ3) is 3.83. The van der Waals surface area contributed by atoms with Gasteiger partial charge in [-0.05, 0) is 38.0 Å². The van der Waals surface area contributed by atoms with Gasteiger partial charge in [0.15, 0.2) is 0 Å². The van der Waals surface area contributed by atoms with E-state index in [1.54, 1.807) is 0 Å². The van der Waals surface area contributed by atoms with Crippen molar-refractivity contribution in [3.05, 3.63) is 0 Å². The van der Waals surface area contributed by atoms with Crippen molar-refractivity contribution in [2.24, 2.45) is 10.8 Å². The molecule has 4 nitrogen and oxygen atoms in total. The number of carbonyl (C=O) groups is 1. The molecule has 0 aromatic heterocycles. The van der Waals surface area contributed by atoms with Gasteiger partial charge in [0.1, 0.15) is 0 Å². The van der Waals surface area contributed by atoms with Gasteiger partial charge in [-0.2, -0.15) is 0 Å². The van der Waals surface area contributed by atoms with E-state index >= 15 is 0 Å². The van der Waals surface area contributed by atoms with Crippen LogP contribution in [-0.4, -0.2) is 47.8 Å². The summed E-state index contributed by atoms with van der Waals surface area (Å²) in [7, 11) is 0. The third-order valence-electron chi connectivity index (χ3n) is 5.47. The molecule has 1 heterocycles. The van der Waals surface area contributed by atoms with E-state index in [0.29, 0.717) is 18.4 Å². The van der Waals surface area contributed by atoms with Crippen LogP contribution in [0.1, 0.15) is 66.2 Å². The number of piperidine rings is 1. The fraction of sp³-hybridized carbons (Fsp3) is 0.944. The summed E-state index contributed by atoms with van der Waals surface area (Å²) in [4.78, 5) is 14.3. The molecule has 1 saturated carbocycles. The number of amides is 1. The lowest BCUT2D eigenvalue weighted by Gasteiger charge is -2.56. The average molecular weight is 311 g/mol. The van der Waals surface area contributed by atoms with Gasteiger partial charge in [0.25, 0.3) is 0 Å². The van der Waals surface area contributed by atoms with Crippen LogP contribution in [0.4, 0.5) is 0 Å². The maximum atomic E-state index is 12.3. The molecule has 1 aliphatic carbocycles. The van der Waals surface area contributed by atoms with E-state index in [9.17, 15) is 9.90 Å². The molecule has 2 atom stereocenters. The van der Waals surface area contributed by atoms with Crippen molar-refractivity contribution in [2.45, 2.75) is 78.4 Å². The minimum absolute atomic E-state index is 0.0851. The number of hydrogen-bond donors (Lipinski definition) is 1. The van der Waals surface area contributed by atoms with E-state index in [1.807, 2.05) is 11.8 Å². The maximum Gasteiger partial charge on any atom is 0.222 e. The molecule has 128 valence electrons. The first-order chi connectivity index (χ1) is 10.3. The van der Waals surface area contributed by atoms with E-state index in [4.69, 9.17) is 4.74 Å². The Balaban J connectivity index is 1.78. The fourth-order valence-corrected chi connectivity index (χ4v) is 3.92. The molecule has 0 bridgehead atoms. The summed E-state index contributed by atoms with van der Waals surface area (Å²) in [6.07, 6.45) is 5.16. The monoisotopic (exact) mass is 311 g/mol. The summed E-state index contributed by atoms with van der Waals surface area (Å²) >= 11 is 0. The van der Waals surface area contributed by atoms with Crippen molar-refractivity contribution >= 4 is 5.91 Å². The van der Waals surface area contributed by atoms with Crippen LogP contribution in [0, 0.1) is 10.8 Å². The van der Waals surface area contributed by atoms with Crippen LogP contribution in [0.2, 0.25) is 0 Å². The second-order valence-corrected chi connectivity index (χ2v) is 8.22. The number of aliphatic hydroxyl groups excluding tert-OH is 1. The van der Waals surface area contributed by atoms with Gasteiger partial charge in [-0.15, -0.1) is 0 Å². The van der Waals surface area contributed by atoms with E-state index < -0.39 is 0 Å². The lowest BCUT2D eigenvalue weighted by atomic mass is 9.58. The molecule has 2 rings (SSSR count). The number of hydrogen-bond acceptors (Lipinski definition) is 3. The van der Waals surface area contributed by atoms with Gasteiger partial charge >= 0.3 is 0 Å². The van der Waals surface area contributed by atoms with E-state index in [1.165, 1.54) is 0 Å². The molecule has 1 N–H and O–H groups in total. The molecule has 0 aromatic carbocycles. The number of ether oxygens (including phenoxy) is 1. The van der Waals surface area contributed by atoms with Crippen molar-refractivity contribution in [1.82, 2.24) is 4.90 Å². The largest absolute Gasteiger partial charge is 0.392 e. The Morgan fingerprint density at radius 2 is 1.95 bits per heavy atom. The molecule has 2 aliphatic rings. The Hall–Kier alpha value is -0.610. The van der Waals surface area contributed by atoms with Crippen molar-refractivity contribution in [3.63, 3.8) is 0 Å².